The van der Waals surface area contributed by atoms with Crippen molar-refractivity contribution in [2.45, 2.75) is 5.54 Å². The zero-order valence-corrected chi connectivity index (χ0v) is 15.7. The number of rotatable bonds is 5. The van der Waals surface area contributed by atoms with Crippen molar-refractivity contribution in [1.82, 2.24) is 40.5 Å². The van der Waals surface area contributed by atoms with E-state index in [0.717, 1.165) is 11.0 Å². The molecular formula is C17H13F3N8O3. The zero-order chi connectivity index (χ0) is 22.3. The Kier molecular flexibility index (Phi) is 4.68. The van der Waals surface area contributed by atoms with Crippen LogP contribution in [0.25, 0.3) is 5.69 Å². The van der Waals surface area contributed by atoms with E-state index in [1.165, 1.54) is 10.8 Å². The van der Waals surface area contributed by atoms with Crippen molar-refractivity contribution in [1.29, 1.82) is 0 Å². The quantitative estimate of drug-likeness (QED) is 0.379. The van der Waals surface area contributed by atoms with Crippen molar-refractivity contribution < 1.29 is 27.6 Å². The maximum absolute atomic E-state index is 13.4. The molecule has 160 valence electrons. The Bertz CT molecular complexity index is 1200. The molecule has 14 heteroatoms. The van der Waals surface area contributed by atoms with E-state index in [1.54, 1.807) is 13.2 Å². The molecule has 1 aliphatic rings. The van der Waals surface area contributed by atoms with E-state index in [1.807, 2.05) is 0 Å². The van der Waals surface area contributed by atoms with Gasteiger partial charge < -0.3 is 15.2 Å². The lowest BCUT2D eigenvalue weighted by Crippen LogP contribution is -2.54. The summed E-state index contributed by atoms with van der Waals surface area (Å²) in [6.45, 7) is -0.374. The van der Waals surface area contributed by atoms with E-state index >= 15 is 0 Å². The van der Waals surface area contributed by atoms with Gasteiger partial charge in [0, 0.05) is 31.6 Å². The molecule has 4 rings (SSSR count). The highest BCUT2D eigenvalue weighted by Gasteiger charge is 2.50. The van der Waals surface area contributed by atoms with Crippen LogP contribution in [0.4, 0.5) is 18.0 Å². The highest BCUT2D eigenvalue weighted by Crippen LogP contribution is 2.23. The van der Waals surface area contributed by atoms with E-state index in [9.17, 15) is 27.6 Å². The Hall–Kier alpha value is -4.23. The van der Waals surface area contributed by atoms with Crippen LogP contribution in [0.3, 0.4) is 0 Å². The number of nitrogens with zero attached hydrogens (tertiary/aromatic N) is 5. The number of benzene rings is 1. The van der Waals surface area contributed by atoms with Crippen LogP contribution in [0.5, 0.6) is 0 Å². The van der Waals surface area contributed by atoms with Gasteiger partial charge in [0.2, 0.25) is 0 Å². The number of imidazole rings is 1. The molecule has 3 heterocycles. The predicted molar refractivity (Wildman–Crippen MR) is 95.1 cm³/mol. The lowest BCUT2D eigenvalue weighted by Gasteiger charge is -2.25. The Morgan fingerprint density at radius 3 is 2.52 bits per heavy atom. The van der Waals surface area contributed by atoms with Gasteiger partial charge in [-0.25, -0.2) is 22.9 Å². The van der Waals surface area contributed by atoms with Crippen LogP contribution >= 0.6 is 0 Å². The summed E-state index contributed by atoms with van der Waals surface area (Å²) in [6.07, 6.45) is 3.99. The standard InChI is InChI=1S/C17H13F3N8O3/c1-27-3-2-21-14(27)17(15(30)24-16(31)25-17)7-22-13(29)11-6-23-28(26-11)8-4-9(18)12(20)10(19)5-8/h2-6H,7H2,1H3,(H,22,29)(H2,24,25,30,31). The summed E-state index contributed by atoms with van der Waals surface area (Å²) in [6, 6.07) is 0.567. The van der Waals surface area contributed by atoms with Crippen LogP contribution in [0.2, 0.25) is 0 Å². The molecular weight excluding hydrogens is 421 g/mol. The fourth-order valence-electron chi connectivity index (χ4n) is 3.08. The second-order valence-corrected chi connectivity index (χ2v) is 6.60. The molecule has 4 amide bonds. The number of aryl methyl sites for hydroxylation is 1. The van der Waals surface area contributed by atoms with Gasteiger partial charge in [0.05, 0.1) is 18.4 Å². The van der Waals surface area contributed by atoms with Crippen molar-refractivity contribution in [3.8, 4) is 5.69 Å². The minimum absolute atomic E-state index is 0.178. The number of carbonyl (C=O) groups excluding carboxylic acids is 3. The highest BCUT2D eigenvalue weighted by atomic mass is 19.2. The molecule has 1 aliphatic heterocycles. The lowest BCUT2D eigenvalue weighted by atomic mass is 9.98. The number of carbonyl (C=O) groups is 3. The first-order valence-corrected chi connectivity index (χ1v) is 8.68. The molecule has 1 unspecified atom stereocenters. The molecule has 1 fully saturated rings. The zero-order valence-electron chi connectivity index (χ0n) is 15.7. The molecule has 1 aromatic carbocycles. The Balaban J connectivity index is 1.56. The third-order valence-electron chi connectivity index (χ3n) is 4.58. The number of halogens is 3. The van der Waals surface area contributed by atoms with Crippen LogP contribution in [-0.2, 0) is 17.4 Å². The summed E-state index contributed by atoms with van der Waals surface area (Å²) in [7, 11) is 1.61. The van der Waals surface area contributed by atoms with E-state index in [-0.39, 0.29) is 23.8 Å². The molecule has 0 bridgehead atoms. The minimum atomic E-state index is -1.66. The van der Waals surface area contributed by atoms with Gasteiger partial charge in [-0.3, -0.25) is 14.9 Å². The number of urea groups is 1. The molecule has 0 aliphatic carbocycles. The molecule has 1 atom stereocenters. The van der Waals surface area contributed by atoms with E-state index in [2.05, 4.69) is 31.1 Å². The largest absolute Gasteiger partial charge is 0.347 e. The first kappa shape index (κ1) is 20.1. The molecule has 1 saturated heterocycles. The number of imide groups is 1. The number of amides is 4. The van der Waals surface area contributed by atoms with Crippen molar-refractivity contribution in [3.05, 3.63) is 59.7 Å². The third kappa shape index (κ3) is 3.37. The fraction of sp³-hybridized carbons (Fsp3) is 0.176. The first-order valence-electron chi connectivity index (χ1n) is 8.68. The Labute approximate surface area is 171 Å². The van der Waals surface area contributed by atoms with Crippen molar-refractivity contribution in [3.63, 3.8) is 0 Å². The molecule has 2 aromatic heterocycles. The van der Waals surface area contributed by atoms with E-state index < -0.39 is 40.8 Å². The topological polar surface area (TPSA) is 136 Å². The third-order valence-corrected chi connectivity index (χ3v) is 4.58. The molecule has 3 aromatic rings. The fourth-order valence-corrected chi connectivity index (χ4v) is 3.08. The van der Waals surface area contributed by atoms with Gasteiger partial charge in [-0.2, -0.15) is 9.90 Å². The SMILES string of the molecule is Cn1ccnc1C1(CNC(=O)c2cnn(-c3cc(F)c(F)c(F)c3)n2)NC(=O)NC1=O. The second-order valence-electron chi connectivity index (χ2n) is 6.60. The van der Waals surface area contributed by atoms with Gasteiger partial charge in [-0.05, 0) is 0 Å². The van der Waals surface area contributed by atoms with E-state index in [4.69, 9.17) is 0 Å². The summed E-state index contributed by atoms with van der Waals surface area (Å²) >= 11 is 0. The van der Waals surface area contributed by atoms with Crippen LogP contribution in [0, 0.1) is 17.5 Å². The van der Waals surface area contributed by atoms with Gasteiger partial charge in [0.15, 0.2) is 28.7 Å². The lowest BCUT2D eigenvalue weighted by molar-refractivity contribution is -0.124. The van der Waals surface area contributed by atoms with Crippen molar-refractivity contribution in [2.75, 3.05) is 6.54 Å². The number of aromatic nitrogens is 5. The molecule has 11 nitrogen and oxygen atoms in total. The molecule has 0 radical (unpaired) electrons. The van der Waals surface area contributed by atoms with Crippen LogP contribution in [0.15, 0.2) is 30.7 Å². The molecule has 0 saturated carbocycles. The maximum Gasteiger partial charge on any atom is 0.322 e. The van der Waals surface area contributed by atoms with Crippen molar-refractivity contribution >= 4 is 17.8 Å². The summed E-state index contributed by atoms with van der Waals surface area (Å²) < 4.78 is 41.5. The van der Waals surface area contributed by atoms with Gasteiger partial charge in [0.1, 0.15) is 5.82 Å². The monoisotopic (exact) mass is 434 g/mol. The predicted octanol–water partition coefficient (Wildman–Crippen LogP) is -0.117. The summed E-state index contributed by atoms with van der Waals surface area (Å²) in [5.74, 6) is -5.87. The smallest absolute Gasteiger partial charge is 0.322 e. The highest BCUT2D eigenvalue weighted by molar-refractivity contribution is 6.07. The Morgan fingerprint density at radius 1 is 1.23 bits per heavy atom. The first-order chi connectivity index (χ1) is 14.7. The normalized spacial score (nSPS) is 18.1. The maximum atomic E-state index is 13.4. The van der Waals surface area contributed by atoms with Crippen LogP contribution in [-0.4, -0.2) is 48.9 Å². The van der Waals surface area contributed by atoms with Crippen molar-refractivity contribution in [2.24, 2.45) is 7.05 Å². The average Bonchev–Trinajstić information content (AvgIpc) is 3.43. The number of hydrogen-bond acceptors (Lipinski definition) is 6. The molecule has 0 spiro atoms. The summed E-state index contributed by atoms with van der Waals surface area (Å²) in [4.78, 5) is 41.5. The van der Waals surface area contributed by atoms with Crippen LogP contribution in [0.1, 0.15) is 16.3 Å². The van der Waals surface area contributed by atoms with Gasteiger partial charge in [-0.15, -0.1) is 5.10 Å². The summed E-state index contributed by atoms with van der Waals surface area (Å²) in [5.41, 5.74) is -2.17. The van der Waals surface area contributed by atoms with Gasteiger partial charge in [0.25, 0.3) is 11.8 Å². The Morgan fingerprint density at radius 2 is 1.94 bits per heavy atom. The van der Waals surface area contributed by atoms with Gasteiger partial charge in [-0.1, -0.05) is 0 Å². The van der Waals surface area contributed by atoms with Gasteiger partial charge >= 0.3 is 6.03 Å². The molecule has 3 N–H and O–H groups in total. The van der Waals surface area contributed by atoms with E-state index in [0.29, 0.717) is 12.1 Å². The number of nitrogens with one attached hydrogen (secondary N) is 3. The number of hydrogen-bond donors (Lipinski definition) is 3. The second kappa shape index (κ2) is 7.23. The summed E-state index contributed by atoms with van der Waals surface area (Å²) in [5, 5.41) is 14.5. The average molecular weight is 434 g/mol. The van der Waals surface area contributed by atoms with Crippen LogP contribution < -0.4 is 16.0 Å². The molecule has 31 heavy (non-hydrogen) atoms. The minimum Gasteiger partial charge on any atom is -0.347 e.